The average molecular weight is 209 g/mol. The molecule has 74 valence electrons. The molecule has 4 nitrogen and oxygen atoms in total. The van der Waals surface area contributed by atoms with Crippen molar-refractivity contribution in [1.82, 2.24) is 8.75 Å². The number of furan rings is 1. The van der Waals surface area contributed by atoms with E-state index in [4.69, 9.17) is 4.42 Å². The minimum Gasteiger partial charge on any atom is -0.463 e. The molecule has 2 aromatic heterocycles. The second-order valence-electron chi connectivity index (χ2n) is 2.87. The fourth-order valence-electron chi connectivity index (χ4n) is 1.12. The Labute approximate surface area is 86.3 Å². The van der Waals surface area contributed by atoms with Crippen LogP contribution in [0.15, 0.2) is 22.8 Å². The minimum atomic E-state index is 0.761. The molecule has 0 amide bonds. The molecule has 0 spiro atoms. The van der Waals surface area contributed by atoms with E-state index in [0.717, 1.165) is 30.2 Å². The van der Waals surface area contributed by atoms with Crippen molar-refractivity contribution >= 4 is 17.5 Å². The maximum atomic E-state index is 5.26. The van der Waals surface area contributed by atoms with E-state index in [9.17, 15) is 0 Å². The van der Waals surface area contributed by atoms with E-state index in [1.165, 1.54) is 11.7 Å². The van der Waals surface area contributed by atoms with E-state index in [1.807, 2.05) is 12.1 Å². The highest BCUT2D eigenvalue weighted by molar-refractivity contribution is 6.99. The van der Waals surface area contributed by atoms with Crippen LogP contribution in [-0.4, -0.2) is 15.3 Å². The van der Waals surface area contributed by atoms with Gasteiger partial charge in [-0.05, 0) is 18.6 Å². The summed E-state index contributed by atoms with van der Waals surface area (Å²) in [4.78, 5) is 0. The molecule has 0 atom stereocenters. The number of hydrogen-bond acceptors (Lipinski definition) is 5. The smallest absolute Gasteiger partial charge is 0.171 e. The van der Waals surface area contributed by atoms with E-state index < -0.39 is 0 Å². The number of aromatic nitrogens is 2. The predicted octanol–water partition coefficient (Wildman–Crippen LogP) is 2.62. The maximum Gasteiger partial charge on any atom is 0.171 e. The summed E-state index contributed by atoms with van der Waals surface area (Å²) in [6, 6.07) is 3.73. The molecule has 0 unspecified atom stereocenters. The Balaban J connectivity index is 2.22. The van der Waals surface area contributed by atoms with Crippen LogP contribution in [0.2, 0.25) is 0 Å². The van der Waals surface area contributed by atoms with Crippen LogP contribution < -0.4 is 5.32 Å². The second-order valence-corrected chi connectivity index (χ2v) is 3.39. The molecule has 0 aromatic carbocycles. The molecular weight excluding hydrogens is 198 g/mol. The third kappa shape index (κ3) is 1.77. The van der Waals surface area contributed by atoms with Crippen LogP contribution in [0, 0.1) is 0 Å². The fraction of sp³-hybridized carbons (Fsp3) is 0.333. The minimum absolute atomic E-state index is 0.761. The zero-order valence-electron chi connectivity index (χ0n) is 7.86. The number of nitrogens with zero attached hydrogens (tertiary/aromatic N) is 2. The first-order chi connectivity index (χ1) is 6.92. The van der Waals surface area contributed by atoms with Crippen LogP contribution in [-0.2, 0) is 0 Å². The third-order valence-corrected chi connectivity index (χ3v) is 2.31. The van der Waals surface area contributed by atoms with Gasteiger partial charge >= 0.3 is 0 Å². The molecular formula is C9H11N3OS. The molecule has 0 aliphatic rings. The highest BCUT2D eigenvalue weighted by atomic mass is 32.1. The van der Waals surface area contributed by atoms with E-state index in [1.54, 1.807) is 6.26 Å². The van der Waals surface area contributed by atoms with Crippen molar-refractivity contribution in [2.75, 3.05) is 11.9 Å². The summed E-state index contributed by atoms with van der Waals surface area (Å²) in [7, 11) is 0. The van der Waals surface area contributed by atoms with Gasteiger partial charge in [-0.25, -0.2) is 0 Å². The van der Waals surface area contributed by atoms with Crippen LogP contribution in [0.25, 0.3) is 11.5 Å². The first-order valence-corrected chi connectivity index (χ1v) is 5.25. The lowest BCUT2D eigenvalue weighted by atomic mass is 10.3. The van der Waals surface area contributed by atoms with Gasteiger partial charge in [-0.1, -0.05) is 6.92 Å². The molecule has 0 saturated heterocycles. The topological polar surface area (TPSA) is 51.0 Å². The van der Waals surface area contributed by atoms with Crippen LogP contribution in [0.4, 0.5) is 5.82 Å². The lowest BCUT2D eigenvalue weighted by Gasteiger charge is -2.00. The van der Waals surface area contributed by atoms with Crippen LogP contribution >= 0.6 is 11.7 Å². The molecule has 1 N–H and O–H groups in total. The van der Waals surface area contributed by atoms with Crippen molar-refractivity contribution in [2.24, 2.45) is 0 Å². The van der Waals surface area contributed by atoms with Crippen LogP contribution in [0.1, 0.15) is 13.3 Å². The molecule has 0 aliphatic heterocycles. The molecule has 0 bridgehead atoms. The van der Waals surface area contributed by atoms with Gasteiger partial charge in [0.25, 0.3) is 0 Å². The second kappa shape index (κ2) is 4.23. The molecule has 0 saturated carbocycles. The Morgan fingerprint density at radius 2 is 2.43 bits per heavy atom. The Morgan fingerprint density at radius 1 is 1.50 bits per heavy atom. The SMILES string of the molecule is CCCNc1nsnc1-c1ccco1. The van der Waals surface area contributed by atoms with Gasteiger partial charge in [0, 0.05) is 6.54 Å². The van der Waals surface area contributed by atoms with Gasteiger partial charge in [-0.2, -0.15) is 8.75 Å². The summed E-state index contributed by atoms with van der Waals surface area (Å²) in [6.07, 6.45) is 2.70. The van der Waals surface area contributed by atoms with Crippen molar-refractivity contribution in [1.29, 1.82) is 0 Å². The molecule has 2 rings (SSSR count). The molecule has 0 radical (unpaired) electrons. The molecule has 2 aromatic rings. The van der Waals surface area contributed by atoms with Gasteiger partial charge < -0.3 is 9.73 Å². The number of hydrogen-bond donors (Lipinski definition) is 1. The summed E-state index contributed by atoms with van der Waals surface area (Å²) in [5.41, 5.74) is 0.799. The lowest BCUT2D eigenvalue weighted by molar-refractivity contribution is 0.581. The number of rotatable bonds is 4. The Hall–Kier alpha value is -1.36. The first-order valence-electron chi connectivity index (χ1n) is 4.52. The zero-order chi connectivity index (χ0) is 9.80. The highest BCUT2D eigenvalue weighted by Gasteiger charge is 2.11. The van der Waals surface area contributed by atoms with Crippen molar-refractivity contribution < 1.29 is 4.42 Å². The standard InChI is InChI=1S/C9H11N3OS/c1-2-5-10-9-8(11-14-12-9)7-4-3-6-13-7/h3-4,6H,2,5H2,1H3,(H,10,12). The fourth-order valence-corrected chi connectivity index (χ4v) is 1.65. The molecule has 2 heterocycles. The number of nitrogens with one attached hydrogen (secondary N) is 1. The van der Waals surface area contributed by atoms with Gasteiger partial charge in [-0.15, -0.1) is 0 Å². The molecule has 0 aliphatic carbocycles. The van der Waals surface area contributed by atoms with E-state index >= 15 is 0 Å². The highest BCUT2D eigenvalue weighted by Crippen LogP contribution is 2.25. The lowest BCUT2D eigenvalue weighted by Crippen LogP contribution is -2.00. The molecule has 0 fully saturated rings. The van der Waals surface area contributed by atoms with Crippen LogP contribution in [0.5, 0.6) is 0 Å². The summed E-state index contributed by atoms with van der Waals surface area (Å²) < 4.78 is 13.6. The predicted molar refractivity (Wildman–Crippen MR) is 56.4 cm³/mol. The Morgan fingerprint density at radius 3 is 3.14 bits per heavy atom. The van der Waals surface area contributed by atoms with Gasteiger partial charge in [0.05, 0.1) is 18.0 Å². The zero-order valence-corrected chi connectivity index (χ0v) is 8.67. The molecule has 14 heavy (non-hydrogen) atoms. The maximum absolute atomic E-state index is 5.26. The third-order valence-electron chi connectivity index (χ3n) is 1.79. The van der Waals surface area contributed by atoms with Crippen molar-refractivity contribution in [2.45, 2.75) is 13.3 Å². The summed E-state index contributed by atoms with van der Waals surface area (Å²) in [5, 5.41) is 3.21. The van der Waals surface area contributed by atoms with Gasteiger partial charge in [0.15, 0.2) is 17.3 Å². The van der Waals surface area contributed by atoms with Crippen molar-refractivity contribution in [3.8, 4) is 11.5 Å². The average Bonchev–Trinajstić information content (AvgIpc) is 2.84. The van der Waals surface area contributed by atoms with E-state index in [0.29, 0.717) is 0 Å². The monoisotopic (exact) mass is 209 g/mol. The van der Waals surface area contributed by atoms with Crippen molar-refractivity contribution in [3.05, 3.63) is 18.4 Å². The van der Waals surface area contributed by atoms with E-state index in [2.05, 4.69) is 21.0 Å². The van der Waals surface area contributed by atoms with Gasteiger partial charge in [-0.3, -0.25) is 0 Å². The Kier molecular flexibility index (Phi) is 2.78. The molecule has 5 heteroatoms. The summed E-state index contributed by atoms with van der Waals surface area (Å²) in [6.45, 7) is 3.01. The van der Waals surface area contributed by atoms with Crippen molar-refractivity contribution in [3.63, 3.8) is 0 Å². The Bertz CT molecular complexity index is 382. The normalized spacial score (nSPS) is 10.4. The number of anilines is 1. The summed E-state index contributed by atoms with van der Waals surface area (Å²) >= 11 is 1.19. The van der Waals surface area contributed by atoms with E-state index in [-0.39, 0.29) is 0 Å². The first kappa shape index (κ1) is 9.21. The summed E-state index contributed by atoms with van der Waals surface area (Å²) in [5.74, 6) is 1.57. The quantitative estimate of drug-likeness (QED) is 0.841. The van der Waals surface area contributed by atoms with Gasteiger partial charge in [0.2, 0.25) is 0 Å². The van der Waals surface area contributed by atoms with Gasteiger partial charge in [0.1, 0.15) is 0 Å². The largest absolute Gasteiger partial charge is 0.463 e. The van der Waals surface area contributed by atoms with Crippen LogP contribution in [0.3, 0.4) is 0 Å².